The van der Waals surface area contributed by atoms with Gasteiger partial charge < -0.3 is 25.0 Å². The highest BCUT2D eigenvalue weighted by atomic mass is 35.5. The number of ether oxygens (including phenoxy) is 2. The number of aliphatic imine (C=N–C) groups is 1. The first kappa shape index (κ1) is 23.4. The van der Waals surface area contributed by atoms with Crippen molar-refractivity contribution in [2.24, 2.45) is 10.7 Å². The molecule has 0 aliphatic rings. The molecule has 0 radical (unpaired) electrons. The fourth-order valence-corrected chi connectivity index (χ4v) is 3.25. The monoisotopic (exact) mass is 476 g/mol. The van der Waals surface area contributed by atoms with Crippen molar-refractivity contribution in [3.05, 3.63) is 64.4 Å². The molecular weight excluding hydrogens is 455 g/mol. The van der Waals surface area contributed by atoms with Gasteiger partial charge in [0.25, 0.3) is 5.91 Å². The van der Waals surface area contributed by atoms with Crippen molar-refractivity contribution in [3.8, 4) is 22.8 Å². The Morgan fingerprint density at radius 2 is 1.97 bits per heavy atom. The zero-order chi connectivity index (χ0) is 23.1. The Morgan fingerprint density at radius 1 is 1.22 bits per heavy atom. The van der Waals surface area contributed by atoms with Gasteiger partial charge in [0.15, 0.2) is 5.96 Å². The number of hydrogen-bond acceptors (Lipinski definition) is 5. The zero-order valence-corrected chi connectivity index (χ0v) is 19.0. The summed E-state index contributed by atoms with van der Waals surface area (Å²) in [7, 11) is 1.58. The molecule has 3 N–H and O–H groups in total. The van der Waals surface area contributed by atoms with Crippen LogP contribution in [-0.2, 0) is 6.54 Å². The molecule has 32 heavy (non-hydrogen) atoms. The molecule has 0 saturated carbocycles. The number of aromatic nitrogens is 1. The number of nitrogens with one attached hydrogen (secondary N) is 1. The lowest BCUT2D eigenvalue weighted by atomic mass is 10.1. The number of carbonyl (C=O) groups excluding carboxylic acids is 1. The second kappa shape index (κ2) is 10.9. The van der Waals surface area contributed by atoms with Gasteiger partial charge in [0.05, 0.1) is 13.0 Å². The minimum atomic E-state index is -0.572. The summed E-state index contributed by atoms with van der Waals surface area (Å²) in [6, 6.07) is 12.3. The third-order valence-corrected chi connectivity index (χ3v) is 4.79. The van der Waals surface area contributed by atoms with E-state index in [0.29, 0.717) is 46.0 Å². The molecule has 168 valence electrons. The van der Waals surface area contributed by atoms with Gasteiger partial charge in [-0.15, -0.1) is 11.6 Å². The normalized spacial score (nSPS) is 11.3. The van der Waals surface area contributed by atoms with E-state index < -0.39 is 5.91 Å². The third kappa shape index (κ3) is 5.93. The molecule has 1 heterocycles. The number of guanidine groups is 1. The van der Waals surface area contributed by atoms with E-state index in [1.165, 1.54) is 0 Å². The zero-order valence-electron chi connectivity index (χ0n) is 17.5. The van der Waals surface area contributed by atoms with Crippen LogP contribution in [0.1, 0.15) is 21.7 Å². The van der Waals surface area contributed by atoms with Crippen molar-refractivity contribution in [2.75, 3.05) is 19.6 Å². The van der Waals surface area contributed by atoms with Crippen LogP contribution in [0.4, 0.5) is 0 Å². The Bertz CT molecular complexity index is 1110. The molecule has 1 amide bonds. The number of amides is 1. The smallest absolute Gasteiger partial charge is 0.286 e. The van der Waals surface area contributed by atoms with Crippen LogP contribution in [0.5, 0.6) is 11.5 Å². The molecule has 8 nitrogen and oxygen atoms in total. The number of benzene rings is 2. The maximum Gasteiger partial charge on any atom is 0.286 e. The molecule has 0 aliphatic heterocycles. The Balaban J connectivity index is 1.73. The Labute approximate surface area is 195 Å². The summed E-state index contributed by atoms with van der Waals surface area (Å²) >= 11 is 11.8. The number of hydrogen-bond donors (Lipinski definition) is 2. The molecule has 3 rings (SSSR count). The second-order valence-corrected chi connectivity index (χ2v) is 7.49. The van der Waals surface area contributed by atoms with Crippen LogP contribution >= 0.6 is 23.2 Å². The molecule has 0 atom stereocenters. The number of halogens is 2. The lowest BCUT2D eigenvalue weighted by molar-refractivity contribution is 0.100. The van der Waals surface area contributed by atoms with Crippen LogP contribution in [0.25, 0.3) is 11.3 Å². The highest BCUT2D eigenvalue weighted by Gasteiger charge is 2.21. The molecule has 0 unspecified atom stereocenters. The van der Waals surface area contributed by atoms with Gasteiger partial charge in [-0.25, -0.2) is 0 Å². The minimum absolute atomic E-state index is 0.0560. The van der Waals surface area contributed by atoms with Crippen LogP contribution in [0.2, 0.25) is 5.02 Å². The van der Waals surface area contributed by atoms with Crippen molar-refractivity contribution in [3.63, 3.8) is 0 Å². The first-order valence-corrected chi connectivity index (χ1v) is 10.5. The average molecular weight is 477 g/mol. The van der Waals surface area contributed by atoms with E-state index >= 15 is 0 Å². The number of nitrogens with zero attached hydrogens (tertiary/aromatic N) is 2. The van der Waals surface area contributed by atoms with E-state index in [1.807, 2.05) is 0 Å². The average Bonchev–Trinajstić information content (AvgIpc) is 3.17. The maximum atomic E-state index is 12.8. The molecule has 0 saturated heterocycles. The summed E-state index contributed by atoms with van der Waals surface area (Å²) in [6.45, 7) is 2.29. The van der Waals surface area contributed by atoms with Gasteiger partial charge in [0.1, 0.15) is 35.1 Å². The number of alkyl halides is 1. The van der Waals surface area contributed by atoms with Crippen LogP contribution in [0, 0.1) is 6.92 Å². The largest absolute Gasteiger partial charge is 0.497 e. The predicted molar refractivity (Wildman–Crippen MR) is 124 cm³/mol. The summed E-state index contributed by atoms with van der Waals surface area (Å²) in [6.07, 6.45) is 0. The summed E-state index contributed by atoms with van der Waals surface area (Å²) in [5, 5.41) is 7.40. The van der Waals surface area contributed by atoms with Crippen LogP contribution in [0.3, 0.4) is 0 Å². The first-order valence-electron chi connectivity index (χ1n) is 9.62. The standard InChI is InChI=1S/C22H22Cl2N4O4/c1-13-19(20(28-32-13)15-3-5-17(30-2)6-4-15)21(29)27-22(25)26-12-14-9-16(24)11-18(10-14)31-8-7-23/h3-6,9-11H,7-8,12H2,1-2H3,(H3,25,26,27,29). The Hall–Kier alpha value is -3.23. The van der Waals surface area contributed by atoms with Gasteiger partial charge in [-0.3, -0.25) is 4.79 Å². The lowest BCUT2D eigenvalue weighted by Gasteiger charge is -2.09. The summed E-state index contributed by atoms with van der Waals surface area (Å²) in [4.78, 5) is 16.8. The molecule has 2 aromatic carbocycles. The van der Waals surface area contributed by atoms with Crippen LogP contribution < -0.4 is 20.5 Å². The van der Waals surface area contributed by atoms with E-state index in [4.69, 9.17) is 42.9 Å². The van der Waals surface area contributed by atoms with Gasteiger partial charge in [-0.2, -0.15) is 4.99 Å². The van der Waals surface area contributed by atoms with Crippen molar-refractivity contribution in [1.29, 1.82) is 0 Å². The number of aryl methyl sites for hydroxylation is 1. The second-order valence-electron chi connectivity index (χ2n) is 6.68. The quantitative estimate of drug-likeness (QED) is 0.285. The first-order chi connectivity index (χ1) is 15.4. The number of rotatable bonds is 8. The molecule has 0 fully saturated rings. The van der Waals surface area contributed by atoms with Crippen LogP contribution in [0.15, 0.2) is 52.0 Å². The number of carbonyl (C=O) groups is 1. The summed E-state index contributed by atoms with van der Waals surface area (Å²) < 4.78 is 15.9. The molecule has 3 aromatic rings. The number of nitrogens with two attached hydrogens (primary N) is 1. The summed E-state index contributed by atoms with van der Waals surface area (Å²) in [5.41, 5.74) is 8.03. The molecular formula is C22H22Cl2N4O4. The molecule has 0 aliphatic carbocycles. The van der Waals surface area contributed by atoms with E-state index in [2.05, 4.69) is 15.5 Å². The summed E-state index contributed by atoms with van der Waals surface area (Å²) in [5.74, 6) is 1.35. The Kier molecular flexibility index (Phi) is 7.97. The van der Waals surface area contributed by atoms with Gasteiger partial charge in [-0.05, 0) is 55.0 Å². The minimum Gasteiger partial charge on any atom is -0.497 e. The van der Waals surface area contributed by atoms with Crippen molar-refractivity contribution >= 4 is 35.1 Å². The Morgan fingerprint density at radius 3 is 2.66 bits per heavy atom. The highest BCUT2D eigenvalue weighted by Crippen LogP contribution is 2.27. The third-order valence-electron chi connectivity index (χ3n) is 4.41. The van der Waals surface area contributed by atoms with Crippen molar-refractivity contribution in [2.45, 2.75) is 13.5 Å². The molecule has 0 bridgehead atoms. The van der Waals surface area contributed by atoms with Gasteiger partial charge in [0.2, 0.25) is 0 Å². The van der Waals surface area contributed by atoms with E-state index in [9.17, 15) is 4.79 Å². The van der Waals surface area contributed by atoms with Crippen LogP contribution in [-0.4, -0.2) is 36.6 Å². The topological polar surface area (TPSA) is 112 Å². The maximum absolute atomic E-state index is 12.8. The van der Waals surface area contributed by atoms with E-state index in [1.54, 1.807) is 56.5 Å². The van der Waals surface area contributed by atoms with E-state index in [0.717, 1.165) is 5.56 Å². The molecule has 10 heteroatoms. The lowest BCUT2D eigenvalue weighted by Crippen LogP contribution is -2.32. The van der Waals surface area contributed by atoms with Gasteiger partial charge >= 0.3 is 0 Å². The van der Waals surface area contributed by atoms with Gasteiger partial charge in [0, 0.05) is 17.1 Å². The fraction of sp³-hybridized carbons (Fsp3) is 0.227. The van der Waals surface area contributed by atoms with Crippen molar-refractivity contribution in [1.82, 2.24) is 10.5 Å². The number of methoxy groups -OCH3 is 1. The fourth-order valence-electron chi connectivity index (χ4n) is 2.93. The highest BCUT2D eigenvalue weighted by molar-refractivity contribution is 6.30. The molecule has 1 aromatic heterocycles. The molecule has 0 spiro atoms. The van der Waals surface area contributed by atoms with E-state index in [-0.39, 0.29) is 18.1 Å². The SMILES string of the molecule is COc1ccc(-c2noc(C)c2C(=O)/N=C(\N)NCc2cc(Cl)cc(OCCCl)c2)cc1. The predicted octanol–water partition coefficient (Wildman–Crippen LogP) is 4.17. The van der Waals surface area contributed by atoms with Crippen molar-refractivity contribution < 1.29 is 18.8 Å². The van der Waals surface area contributed by atoms with Gasteiger partial charge in [-0.1, -0.05) is 16.8 Å².